The molecule has 0 fully saturated rings. The molecule has 86 valence electrons. The van der Waals surface area contributed by atoms with E-state index < -0.39 is 0 Å². The Kier molecular flexibility index (Phi) is 6.48. The molecule has 0 aliphatic heterocycles. The van der Waals surface area contributed by atoms with Crippen molar-refractivity contribution in [2.24, 2.45) is 5.92 Å². The summed E-state index contributed by atoms with van der Waals surface area (Å²) in [6, 6.07) is 2.15. The highest BCUT2D eigenvalue weighted by atomic mass is 79.9. The van der Waals surface area contributed by atoms with Crippen molar-refractivity contribution in [1.82, 2.24) is 5.32 Å². The zero-order valence-electron chi connectivity index (χ0n) is 9.25. The second-order valence-electron chi connectivity index (χ2n) is 3.90. The topological polar surface area (TPSA) is 21.3 Å². The molecular weight excluding hydrogens is 274 g/mol. The van der Waals surface area contributed by atoms with Crippen molar-refractivity contribution < 1.29 is 4.74 Å². The first-order valence-corrected chi connectivity index (χ1v) is 6.87. The number of ether oxygens (including phenoxy) is 1. The Balaban J connectivity index is 1.98. The molecule has 0 bridgehead atoms. The Bertz CT molecular complexity index is 275. The first kappa shape index (κ1) is 13.2. The maximum absolute atomic E-state index is 5.47. The van der Waals surface area contributed by atoms with E-state index in [1.54, 1.807) is 11.3 Å². The van der Waals surface area contributed by atoms with E-state index in [2.05, 4.69) is 46.5 Å². The predicted molar refractivity (Wildman–Crippen MR) is 69.4 cm³/mol. The molecule has 1 N–H and O–H groups in total. The van der Waals surface area contributed by atoms with Gasteiger partial charge in [-0.15, -0.1) is 11.3 Å². The van der Waals surface area contributed by atoms with Crippen LogP contribution in [0.15, 0.2) is 15.2 Å². The Labute approximate surface area is 104 Å². The van der Waals surface area contributed by atoms with Crippen molar-refractivity contribution in [2.75, 3.05) is 19.8 Å². The van der Waals surface area contributed by atoms with E-state index >= 15 is 0 Å². The average Bonchev–Trinajstić information content (AvgIpc) is 2.57. The number of thiophene rings is 1. The smallest absolute Gasteiger partial charge is 0.0701 e. The number of nitrogens with one attached hydrogen (secondary N) is 1. The maximum atomic E-state index is 5.47. The predicted octanol–water partition coefficient (Wildman–Crippen LogP) is 3.27. The van der Waals surface area contributed by atoms with Crippen molar-refractivity contribution >= 4 is 27.3 Å². The molecule has 0 unspecified atom stereocenters. The first-order chi connectivity index (χ1) is 7.18. The van der Waals surface area contributed by atoms with Gasteiger partial charge in [0.1, 0.15) is 0 Å². The van der Waals surface area contributed by atoms with Gasteiger partial charge in [-0.25, -0.2) is 0 Å². The van der Waals surface area contributed by atoms with Crippen LogP contribution in [0.25, 0.3) is 0 Å². The van der Waals surface area contributed by atoms with E-state index in [9.17, 15) is 0 Å². The van der Waals surface area contributed by atoms with Crippen LogP contribution in [0.2, 0.25) is 0 Å². The molecule has 15 heavy (non-hydrogen) atoms. The summed E-state index contributed by atoms with van der Waals surface area (Å²) in [7, 11) is 0. The van der Waals surface area contributed by atoms with Crippen LogP contribution in [0.4, 0.5) is 0 Å². The second-order valence-corrected chi connectivity index (χ2v) is 6.20. The van der Waals surface area contributed by atoms with Crippen LogP contribution in [0.1, 0.15) is 19.4 Å². The summed E-state index contributed by atoms with van der Waals surface area (Å²) in [4.78, 5) is 0. The van der Waals surface area contributed by atoms with E-state index in [0.717, 1.165) is 26.3 Å². The minimum Gasteiger partial charge on any atom is -0.380 e. The lowest BCUT2D eigenvalue weighted by Gasteiger charge is -2.07. The van der Waals surface area contributed by atoms with Gasteiger partial charge in [0.15, 0.2) is 0 Å². The normalized spacial score (nSPS) is 11.2. The van der Waals surface area contributed by atoms with Gasteiger partial charge >= 0.3 is 0 Å². The molecule has 0 aliphatic carbocycles. The molecule has 0 atom stereocenters. The van der Waals surface area contributed by atoms with Crippen LogP contribution in [-0.4, -0.2) is 19.8 Å². The molecule has 1 aromatic rings. The van der Waals surface area contributed by atoms with Gasteiger partial charge in [0.25, 0.3) is 0 Å². The van der Waals surface area contributed by atoms with Crippen molar-refractivity contribution in [2.45, 2.75) is 20.4 Å². The molecule has 0 aromatic carbocycles. The summed E-state index contributed by atoms with van der Waals surface area (Å²) in [5.74, 6) is 0.623. The lowest BCUT2D eigenvalue weighted by atomic mass is 10.2. The molecule has 4 heteroatoms. The molecule has 0 amide bonds. The van der Waals surface area contributed by atoms with Gasteiger partial charge in [-0.3, -0.25) is 0 Å². The molecule has 0 spiro atoms. The molecule has 1 heterocycles. The third kappa shape index (κ3) is 6.30. The number of hydrogen-bond acceptors (Lipinski definition) is 3. The summed E-state index contributed by atoms with van der Waals surface area (Å²) in [6.45, 7) is 7.81. The highest BCUT2D eigenvalue weighted by Gasteiger charge is 1.97. The van der Waals surface area contributed by atoms with E-state index in [4.69, 9.17) is 4.74 Å². The van der Waals surface area contributed by atoms with E-state index in [0.29, 0.717) is 5.92 Å². The van der Waals surface area contributed by atoms with E-state index in [1.165, 1.54) is 9.35 Å². The highest BCUT2D eigenvalue weighted by molar-refractivity contribution is 9.11. The standard InChI is InChI=1S/C11H18BrNOS/c1-9(2)7-14-4-3-13-6-10-5-11(12)15-8-10/h5,8-9,13H,3-4,6-7H2,1-2H3. The molecule has 0 saturated carbocycles. The first-order valence-electron chi connectivity index (χ1n) is 5.20. The lowest BCUT2D eigenvalue weighted by molar-refractivity contribution is 0.111. The van der Waals surface area contributed by atoms with Crippen molar-refractivity contribution in [3.63, 3.8) is 0 Å². The minimum absolute atomic E-state index is 0.623. The van der Waals surface area contributed by atoms with Crippen molar-refractivity contribution in [3.8, 4) is 0 Å². The lowest BCUT2D eigenvalue weighted by Crippen LogP contribution is -2.19. The maximum Gasteiger partial charge on any atom is 0.0701 e. The summed E-state index contributed by atoms with van der Waals surface area (Å²) < 4.78 is 6.66. The fourth-order valence-corrected chi connectivity index (χ4v) is 2.34. The van der Waals surface area contributed by atoms with Crippen LogP contribution >= 0.6 is 27.3 Å². The second kappa shape index (κ2) is 7.39. The fourth-order valence-electron chi connectivity index (χ4n) is 1.13. The van der Waals surface area contributed by atoms with Crippen LogP contribution < -0.4 is 5.32 Å². The number of halogens is 1. The molecule has 0 radical (unpaired) electrons. The van der Waals surface area contributed by atoms with Crippen LogP contribution in [-0.2, 0) is 11.3 Å². The molecule has 2 nitrogen and oxygen atoms in total. The van der Waals surface area contributed by atoms with Crippen molar-refractivity contribution in [3.05, 3.63) is 20.8 Å². The summed E-state index contributed by atoms with van der Waals surface area (Å²) >= 11 is 5.17. The molecule has 1 aromatic heterocycles. The Morgan fingerprint density at radius 1 is 1.53 bits per heavy atom. The quantitative estimate of drug-likeness (QED) is 0.779. The highest BCUT2D eigenvalue weighted by Crippen LogP contribution is 2.20. The molecule has 0 saturated heterocycles. The van der Waals surface area contributed by atoms with Crippen LogP contribution in [0.5, 0.6) is 0 Å². The van der Waals surface area contributed by atoms with E-state index in [-0.39, 0.29) is 0 Å². The van der Waals surface area contributed by atoms with Gasteiger partial charge in [-0.05, 0) is 38.9 Å². The van der Waals surface area contributed by atoms with Gasteiger partial charge in [0, 0.05) is 19.7 Å². The zero-order chi connectivity index (χ0) is 11.1. The largest absolute Gasteiger partial charge is 0.380 e. The van der Waals surface area contributed by atoms with Gasteiger partial charge in [0.05, 0.1) is 10.4 Å². The van der Waals surface area contributed by atoms with Crippen LogP contribution in [0, 0.1) is 5.92 Å². The Hall–Kier alpha value is 0.100. The van der Waals surface area contributed by atoms with Crippen LogP contribution in [0.3, 0.4) is 0 Å². The minimum atomic E-state index is 0.623. The van der Waals surface area contributed by atoms with Crippen molar-refractivity contribution in [1.29, 1.82) is 0 Å². The average molecular weight is 292 g/mol. The molecule has 1 rings (SSSR count). The number of hydrogen-bond donors (Lipinski definition) is 1. The Morgan fingerprint density at radius 3 is 2.93 bits per heavy atom. The molecular formula is C11H18BrNOS. The number of rotatable bonds is 7. The zero-order valence-corrected chi connectivity index (χ0v) is 11.7. The van der Waals surface area contributed by atoms with Gasteiger partial charge in [-0.2, -0.15) is 0 Å². The third-order valence-corrected chi connectivity index (χ3v) is 3.38. The summed E-state index contributed by atoms with van der Waals surface area (Å²) in [5.41, 5.74) is 1.33. The molecule has 0 aliphatic rings. The van der Waals surface area contributed by atoms with Gasteiger partial charge in [-0.1, -0.05) is 13.8 Å². The SMILES string of the molecule is CC(C)COCCNCc1csc(Br)c1. The summed E-state index contributed by atoms with van der Waals surface area (Å²) in [6.07, 6.45) is 0. The fraction of sp³-hybridized carbons (Fsp3) is 0.636. The summed E-state index contributed by atoms with van der Waals surface area (Å²) in [5, 5.41) is 5.51. The monoisotopic (exact) mass is 291 g/mol. The van der Waals surface area contributed by atoms with E-state index in [1.807, 2.05) is 0 Å². The van der Waals surface area contributed by atoms with Gasteiger partial charge < -0.3 is 10.1 Å². The Morgan fingerprint density at radius 2 is 2.33 bits per heavy atom. The third-order valence-electron chi connectivity index (χ3n) is 1.83. The van der Waals surface area contributed by atoms with Gasteiger partial charge in [0.2, 0.25) is 0 Å².